The predicted octanol–water partition coefficient (Wildman–Crippen LogP) is 3.27. The summed E-state index contributed by atoms with van der Waals surface area (Å²) in [6.07, 6.45) is 2.58. The minimum Gasteiger partial charge on any atom is -0.480 e. The van der Waals surface area contributed by atoms with Crippen molar-refractivity contribution in [1.29, 1.82) is 0 Å². The fraction of sp³-hybridized carbons (Fsp3) is 0.350. The topological polar surface area (TPSA) is 74.7 Å². The fourth-order valence-electron chi connectivity index (χ4n) is 3.32. The van der Waals surface area contributed by atoms with E-state index >= 15 is 0 Å². The van der Waals surface area contributed by atoms with Crippen molar-refractivity contribution in [3.8, 4) is 0 Å². The molecule has 1 saturated heterocycles. The van der Waals surface area contributed by atoms with Crippen molar-refractivity contribution in [2.45, 2.75) is 48.6 Å². The molecule has 1 fully saturated rings. The van der Waals surface area contributed by atoms with Crippen molar-refractivity contribution in [2.24, 2.45) is 0 Å². The summed E-state index contributed by atoms with van der Waals surface area (Å²) in [5, 5.41) is 9.36. The maximum absolute atomic E-state index is 12.7. The van der Waals surface area contributed by atoms with Gasteiger partial charge < -0.3 is 5.11 Å². The lowest BCUT2D eigenvalue weighted by atomic mass is 10.0. The van der Waals surface area contributed by atoms with Gasteiger partial charge in [0.25, 0.3) is 0 Å². The summed E-state index contributed by atoms with van der Waals surface area (Å²) in [4.78, 5) is 13.9. The minimum absolute atomic E-state index is 0.249. The van der Waals surface area contributed by atoms with E-state index in [0.717, 1.165) is 30.5 Å². The van der Waals surface area contributed by atoms with E-state index < -0.39 is 21.8 Å². The van der Waals surface area contributed by atoms with Gasteiger partial charge in [-0.3, -0.25) is 9.69 Å². The highest BCUT2D eigenvalue weighted by Crippen LogP contribution is 2.23. The number of aliphatic carboxylic acids is 1. The summed E-state index contributed by atoms with van der Waals surface area (Å²) < 4.78 is 25.4. The highest BCUT2D eigenvalue weighted by Gasteiger charge is 2.28. The van der Waals surface area contributed by atoms with Crippen molar-refractivity contribution >= 4 is 15.8 Å². The summed E-state index contributed by atoms with van der Waals surface area (Å²) in [7, 11) is -3.54. The van der Waals surface area contributed by atoms with E-state index in [1.807, 2.05) is 11.8 Å². The molecule has 0 aromatic heterocycles. The second kappa shape index (κ2) is 7.60. The average Bonchev–Trinajstić information content (AvgIpc) is 2.63. The monoisotopic (exact) mass is 373 g/mol. The largest absolute Gasteiger partial charge is 0.480 e. The Labute approximate surface area is 154 Å². The lowest BCUT2D eigenvalue weighted by molar-refractivity contribution is -0.144. The van der Waals surface area contributed by atoms with Gasteiger partial charge in [-0.15, -0.1) is 0 Å². The number of sulfone groups is 1. The molecule has 0 spiro atoms. The van der Waals surface area contributed by atoms with E-state index in [9.17, 15) is 18.3 Å². The first kappa shape index (κ1) is 18.6. The third kappa shape index (κ3) is 3.97. The number of carboxylic acid groups (broad SMARTS) is 1. The predicted molar refractivity (Wildman–Crippen MR) is 98.8 cm³/mol. The van der Waals surface area contributed by atoms with E-state index in [1.54, 1.807) is 48.5 Å². The molecule has 1 heterocycles. The van der Waals surface area contributed by atoms with Gasteiger partial charge >= 0.3 is 5.97 Å². The smallest absolute Gasteiger partial charge is 0.320 e. The number of hydrogen-bond acceptors (Lipinski definition) is 4. The number of carboxylic acids is 1. The van der Waals surface area contributed by atoms with Crippen LogP contribution in [-0.2, 0) is 21.2 Å². The Morgan fingerprint density at radius 3 is 2.19 bits per heavy atom. The Balaban J connectivity index is 1.78. The van der Waals surface area contributed by atoms with Crippen LogP contribution in [0.3, 0.4) is 0 Å². The number of nitrogens with zero attached hydrogens (tertiary/aromatic N) is 1. The number of likely N-dealkylation sites (tertiary alicyclic amines) is 1. The Kier molecular flexibility index (Phi) is 5.44. The molecule has 26 heavy (non-hydrogen) atoms. The molecule has 0 aliphatic carbocycles. The van der Waals surface area contributed by atoms with Gasteiger partial charge in [-0.2, -0.15) is 0 Å². The summed E-state index contributed by atoms with van der Waals surface area (Å²) >= 11 is 0. The van der Waals surface area contributed by atoms with E-state index in [0.29, 0.717) is 13.0 Å². The summed E-state index contributed by atoms with van der Waals surface area (Å²) in [5.74, 6) is -0.789. The number of piperidine rings is 1. The molecule has 1 N–H and O–H groups in total. The van der Waals surface area contributed by atoms with Crippen LogP contribution < -0.4 is 0 Å². The van der Waals surface area contributed by atoms with Crippen LogP contribution in [-0.4, -0.2) is 37.0 Å². The number of carbonyl (C=O) groups is 1. The molecule has 1 unspecified atom stereocenters. The fourth-order valence-corrected chi connectivity index (χ4v) is 4.58. The van der Waals surface area contributed by atoms with E-state index in [-0.39, 0.29) is 9.79 Å². The van der Waals surface area contributed by atoms with Gasteiger partial charge in [0.2, 0.25) is 9.84 Å². The molecule has 1 atom stereocenters. The summed E-state index contributed by atoms with van der Waals surface area (Å²) in [5.41, 5.74) is 1.93. The molecule has 1 aliphatic rings. The van der Waals surface area contributed by atoms with Crippen LogP contribution in [0.5, 0.6) is 0 Å². The maximum Gasteiger partial charge on any atom is 0.320 e. The molecule has 0 radical (unpaired) electrons. The van der Waals surface area contributed by atoms with Crippen LogP contribution in [0.15, 0.2) is 58.3 Å². The van der Waals surface area contributed by atoms with Crippen LogP contribution in [0.2, 0.25) is 0 Å². The van der Waals surface area contributed by atoms with Crippen molar-refractivity contribution in [3.05, 3.63) is 59.7 Å². The summed E-state index contributed by atoms with van der Waals surface area (Å²) in [6, 6.07) is 13.1. The Morgan fingerprint density at radius 1 is 1.04 bits per heavy atom. The van der Waals surface area contributed by atoms with E-state index in [4.69, 9.17) is 0 Å². The van der Waals surface area contributed by atoms with Gasteiger partial charge in [-0.05, 0) is 56.1 Å². The SMILES string of the molecule is Cc1ccc(S(=O)(=O)c2ccc(CN3CCCCC3C(=O)O)cc2)cc1. The molecular weight excluding hydrogens is 350 g/mol. The summed E-state index contributed by atoms with van der Waals surface area (Å²) in [6.45, 7) is 3.18. The second-order valence-corrected chi connectivity index (χ2v) is 8.73. The number of aryl methyl sites for hydroxylation is 1. The number of benzene rings is 2. The van der Waals surface area contributed by atoms with Crippen LogP contribution >= 0.6 is 0 Å². The molecule has 1 aliphatic heterocycles. The highest BCUT2D eigenvalue weighted by molar-refractivity contribution is 7.91. The highest BCUT2D eigenvalue weighted by atomic mass is 32.2. The minimum atomic E-state index is -3.54. The lowest BCUT2D eigenvalue weighted by Gasteiger charge is -2.32. The average molecular weight is 373 g/mol. The van der Waals surface area contributed by atoms with Crippen molar-refractivity contribution in [3.63, 3.8) is 0 Å². The first-order chi connectivity index (χ1) is 12.4. The molecular formula is C20H23NO4S. The molecule has 138 valence electrons. The van der Waals surface area contributed by atoms with Gasteiger partial charge in [0.05, 0.1) is 9.79 Å². The Bertz CT molecular complexity index is 873. The van der Waals surface area contributed by atoms with Crippen molar-refractivity contribution in [2.75, 3.05) is 6.54 Å². The maximum atomic E-state index is 12.7. The van der Waals surface area contributed by atoms with Crippen LogP contribution in [0.25, 0.3) is 0 Å². The number of hydrogen-bond donors (Lipinski definition) is 1. The van der Waals surface area contributed by atoms with Crippen molar-refractivity contribution < 1.29 is 18.3 Å². The lowest BCUT2D eigenvalue weighted by Crippen LogP contribution is -2.43. The molecule has 0 saturated carbocycles. The zero-order valence-corrected chi connectivity index (χ0v) is 15.6. The van der Waals surface area contributed by atoms with Gasteiger partial charge in [-0.1, -0.05) is 36.2 Å². The molecule has 2 aromatic carbocycles. The van der Waals surface area contributed by atoms with Gasteiger partial charge in [0, 0.05) is 6.54 Å². The molecule has 5 nitrogen and oxygen atoms in total. The first-order valence-electron chi connectivity index (χ1n) is 8.75. The van der Waals surface area contributed by atoms with E-state index in [1.165, 1.54) is 0 Å². The molecule has 0 amide bonds. The standard InChI is InChI=1S/C20H23NO4S/c1-15-5-9-17(10-6-15)26(24,25)18-11-7-16(8-12-18)14-21-13-3-2-4-19(21)20(22)23/h5-12,19H,2-4,13-14H2,1H3,(H,22,23). The van der Waals surface area contributed by atoms with Gasteiger partial charge in [0.1, 0.15) is 6.04 Å². The molecule has 2 aromatic rings. The van der Waals surface area contributed by atoms with Crippen LogP contribution in [0.4, 0.5) is 0 Å². The Hall–Kier alpha value is -2.18. The second-order valence-electron chi connectivity index (χ2n) is 6.78. The van der Waals surface area contributed by atoms with Gasteiger partial charge in [0.15, 0.2) is 0 Å². The first-order valence-corrected chi connectivity index (χ1v) is 10.2. The zero-order chi connectivity index (χ0) is 18.7. The quantitative estimate of drug-likeness (QED) is 0.871. The molecule has 0 bridgehead atoms. The van der Waals surface area contributed by atoms with Crippen LogP contribution in [0, 0.1) is 6.92 Å². The van der Waals surface area contributed by atoms with Gasteiger partial charge in [-0.25, -0.2) is 8.42 Å². The zero-order valence-electron chi connectivity index (χ0n) is 14.8. The Morgan fingerprint density at radius 2 is 1.62 bits per heavy atom. The number of rotatable bonds is 5. The van der Waals surface area contributed by atoms with Crippen molar-refractivity contribution in [1.82, 2.24) is 4.90 Å². The van der Waals surface area contributed by atoms with Crippen LogP contribution in [0.1, 0.15) is 30.4 Å². The third-order valence-corrected chi connectivity index (χ3v) is 6.63. The normalized spacial score (nSPS) is 18.6. The van der Waals surface area contributed by atoms with E-state index in [2.05, 4.69) is 0 Å². The molecule has 3 rings (SSSR count). The molecule has 6 heteroatoms. The third-order valence-electron chi connectivity index (χ3n) is 4.85.